The fraction of sp³-hybridized carbons (Fsp3) is 0.208. The maximum absolute atomic E-state index is 12.3. The number of phenolic OH excluding ortho intramolecular Hbond substituents is 5. The van der Waals surface area contributed by atoms with Crippen LogP contribution in [0.5, 0.6) is 40.2 Å². The highest BCUT2D eigenvalue weighted by molar-refractivity contribution is 5.80. The van der Waals surface area contributed by atoms with Gasteiger partial charge in [0.25, 0.3) is 0 Å². The second-order valence-electron chi connectivity index (χ2n) is 8.15. The molecular formula is C24H20O9. The zero-order valence-electron chi connectivity index (χ0n) is 17.1. The average Bonchev–Trinajstić information content (AvgIpc) is 2.77. The lowest BCUT2D eigenvalue weighted by Crippen LogP contribution is -2.32. The summed E-state index contributed by atoms with van der Waals surface area (Å²) in [5.41, 5.74) is 1.69. The van der Waals surface area contributed by atoms with Crippen molar-refractivity contribution in [1.29, 1.82) is 0 Å². The van der Waals surface area contributed by atoms with Gasteiger partial charge in [0, 0.05) is 29.5 Å². The number of hydrogen-bond donors (Lipinski definition) is 6. The van der Waals surface area contributed by atoms with E-state index in [4.69, 9.17) is 9.47 Å². The summed E-state index contributed by atoms with van der Waals surface area (Å²) in [6.45, 7) is 0. The minimum absolute atomic E-state index is 0.0161. The van der Waals surface area contributed by atoms with E-state index in [1.54, 1.807) is 6.07 Å². The second-order valence-corrected chi connectivity index (χ2v) is 8.15. The maximum Gasteiger partial charge on any atom is 0.312 e. The lowest BCUT2D eigenvalue weighted by Gasteiger charge is -2.36. The molecule has 2 aliphatic heterocycles. The van der Waals surface area contributed by atoms with Gasteiger partial charge in [-0.2, -0.15) is 0 Å². The average molecular weight is 452 g/mol. The number of phenols is 5. The molecule has 3 aromatic rings. The number of rotatable bonds is 2. The van der Waals surface area contributed by atoms with Crippen LogP contribution in [0.1, 0.15) is 40.7 Å². The zero-order valence-corrected chi connectivity index (χ0v) is 17.1. The Bertz CT molecular complexity index is 1280. The van der Waals surface area contributed by atoms with E-state index in [1.807, 2.05) is 0 Å². The molecular weight excluding hydrogens is 432 g/mol. The second kappa shape index (κ2) is 7.49. The molecule has 0 saturated carbocycles. The van der Waals surface area contributed by atoms with Crippen LogP contribution in [0.2, 0.25) is 0 Å². The van der Waals surface area contributed by atoms with E-state index in [0.717, 1.165) is 0 Å². The molecule has 0 radical (unpaired) electrons. The SMILES string of the molecule is O=C1C[C@H](c2ccc(O)c(O)c2)c2c(cc(O)c3c2O[C@@H](c2ccc(O)c(O)c2)[C@@H](O)C3)O1. The molecule has 0 spiro atoms. The zero-order chi connectivity index (χ0) is 23.4. The Morgan fingerprint density at radius 3 is 2.06 bits per heavy atom. The van der Waals surface area contributed by atoms with Crippen molar-refractivity contribution < 1.29 is 44.9 Å². The molecule has 0 unspecified atom stereocenters. The third-order valence-corrected chi connectivity index (χ3v) is 6.04. The van der Waals surface area contributed by atoms with Gasteiger partial charge in [0.05, 0.1) is 12.5 Å². The molecule has 0 fully saturated rings. The number of aliphatic hydroxyl groups is 1. The molecule has 3 atom stereocenters. The molecule has 0 aromatic heterocycles. The number of benzene rings is 3. The van der Waals surface area contributed by atoms with Crippen molar-refractivity contribution in [2.45, 2.75) is 31.0 Å². The molecule has 9 nitrogen and oxygen atoms in total. The molecule has 0 bridgehead atoms. The Hall–Kier alpha value is -4.11. The number of esters is 1. The quantitative estimate of drug-likeness (QED) is 0.195. The fourth-order valence-electron chi connectivity index (χ4n) is 4.43. The number of ether oxygens (including phenoxy) is 2. The van der Waals surface area contributed by atoms with Crippen molar-refractivity contribution in [3.8, 4) is 40.2 Å². The Balaban J connectivity index is 1.66. The number of hydrogen-bond acceptors (Lipinski definition) is 9. The first-order valence-corrected chi connectivity index (χ1v) is 10.2. The summed E-state index contributed by atoms with van der Waals surface area (Å²) in [6.07, 6.45) is -2.08. The van der Waals surface area contributed by atoms with Gasteiger partial charge in [-0.1, -0.05) is 12.1 Å². The summed E-state index contributed by atoms with van der Waals surface area (Å²) >= 11 is 0. The first-order valence-electron chi connectivity index (χ1n) is 10.2. The molecule has 9 heteroatoms. The third-order valence-electron chi connectivity index (χ3n) is 6.04. The molecule has 0 amide bonds. The highest BCUT2D eigenvalue weighted by atomic mass is 16.5. The summed E-state index contributed by atoms with van der Waals surface area (Å²) in [6, 6.07) is 9.56. The molecule has 3 aromatic carbocycles. The van der Waals surface area contributed by atoms with Gasteiger partial charge in [0.2, 0.25) is 0 Å². The van der Waals surface area contributed by atoms with Crippen molar-refractivity contribution in [1.82, 2.24) is 0 Å². The molecule has 6 N–H and O–H groups in total. The van der Waals surface area contributed by atoms with Gasteiger partial charge in [-0.25, -0.2) is 0 Å². The molecule has 33 heavy (non-hydrogen) atoms. The number of carbonyl (C=O) groups excluding carboxylic acids is 1. The lowest BCUT2D eigenvalue weighted by molar-refractivity contribution is -0.135. The molecule has 5 rings (SSSR count). The van der Waals surface area contributed by atoms with E-state index in [0.29, 0.717) is 22.3 Å². The summed E-state index contributed by atoms with van der Waals surface area (Å²) in [7, 11) is 0. The smallest absolute Gasteiger partial charge is 0.312 e. The van der Waals surface area contributed by atoms with Crippen LogP contribution in [-0.2, 0) is 11.2 Å². The minimum Gasteiger partial charge on any atom is -0.507 e. The Labute approximate surface area is 187 Å². The predicted molar refractivity (Wildman–Crippen MR) is 113 cm³/mol. The van der Waals surface area contributed by atoms with Crippen LogP contribution in [0.15, 0.2) is 42.5 Å². The van der Waals surface area contributed by atoms with Crippen LogP contribution >= 0.6 is 0 Å². The summed E-state index contributed by atoms with van der Waals surface area (Å²) in [5.74, 6) is -2.43. The van der Waals surface area contributed by atoms with Gasteiger partial charge in [0.15, 0.2) is 23.0 Å². The van der Waals surface area contributed by atoms with E-state index in [-0.39, 0.29) is 53.1 Å². The first kappa shape index (κ1) is 20.8. The van der Waals surface area contributed by atoms with Crippen LogP contribution < -0.4 is 9.47 Å². The van der Waals surface area contributed by atoms with Crippen LogP contribution in [0, 0.1) is 0 Å². The van der Waals surface area contributed by atoms with Gasteiger partial charge < -0.3 is 40.1 Å². The highest BCUT2D eigenvalue weighted by Crippen LogP contribution is 2.52. The van der Waals surface area contributed by atoms with Gasteiger partial charge >= 0.3 is 5.97 Å². The first-order chi connectivity index (χ1) is 15.7. The van der Waals surface area contributed by atoms with Crippen molar-refractivity contribution in [2.24, 2.45) is 0 Å². The Morgan fingerprint density at radius 1 is 0.758 bits per heavy atom. The monoisotopic (exact) mass is 452 g/mol. The normalized spacial score (nSPS) is 21.5. The van der Waals surface area contributed by atoms with Crippen LogP contribution in [-0.4, -0.2) is 42.7 Å². The molecule has 2 heterocycles. The van der Waals surface area contributed by atoms with Gasteiger partial charge in [0.1, 0.15) is 23.4 Å². The highest BCUT2D eigenvalue weighted by Gasteiger charge is 2.40. The number of fused-ring (bicyclic) bond motifs is 3. The van der Waals surface area contributed by atoms with E-state index in [1.165, 1.54) is 36.4 Å². The van der Waals surface area contributed by atoms with Crippen LogP contribution in [0.25, 0.3) is 0 Å². The lowest BCUT2D eigenvalue weighted by atomic mass is 9.82. The molecule has 170 valence electrons. The Morgan fingerprint density at radius 2 is 1.39 bits per heavy atom. The topological polar surface area (TPSA) is 157 Å². The predicted octanol–water partition coefficient (Wildman–Crippen LogP) is 2.69. The van der Waals surface area contributed by atoms with Gasteiger partial charge in [-0.15, -0.1) is 0 Å². The van der Waals surface area contributed by atoms with Crippen molar-refractivity contribution >= 4 is 5.97 Å². The van der Waals surface area contributed by atoms with Crippen molar-refractivity contribution in [3.05, 3.63) is 64.7 Å². The molecule has 0 aliphatic carbocycles. The van der Waals surface area contributed by atoms with Gasteiger partial charge in [-0.3, -0.25) is 4.79 Å². The van der Waals surface area contributed by atoms with E-state index < -0.39 is 24.1 Å². The standard InChI is InChI=1S/C24H20O9/c25-14-3-1-10(5-17(14)28)12-8-21(31)32-20-9-16(27)13-7-19(30)23(33-24(13)22(12)20)11-2-4-15(26)18(29)6-11/h1-6,9,12,19,23,25-30H,7-8H2/t12-,19+,23+/m1/s1. The summed E-state index contributed by atoms with van der Waals surface area (Å²) < 4.78 is 11.5. The number of aromatic hydroxyl groups is 5. The van der Waals surface area contributed by atoms with Crippen LogP contribution in [0.3, 0.4) is 0 Å². The molecule has 0 saturated heterocycles. The maximum atomic E-state index is 12.3. The van der Waals surface area contributed by atoms with E-state index >= 15 is 0 Å². The van der Waals surface area contributed by atoms with Crippen LogP contribution in [0.4, 0.5) is 0 Å². The van der Waals surface area contributed by atoms with Crippen molar-refractivity contribution in [3.63, 3.8) is 0 Å². The van der Waals surface area contributed by atoms with Gasteiger partial charge in [-0.05, 0) is 35.4 Å². The number of aliphatic hydroxyl groups excluding tert-OH is 1. The number of carbonyl (C=O) groups is 1. The summed E-state index contributed by atoms with van der Waals surface area (Å²) in [4.78, 5) is 12.3. The summed E-state index contributed by atoms with van der Waals surface area (Å²) in [5, 5.41) is 60.5. The fourth-order valence-corrected chi connectivity index (χ4v) is 4.43. The third kappa shape index (κ3) is 3.42. The van der Waals surface area contributed by atoms with E-state index in [9.17, 15) is 35.4 Å². The minimum atomic E-state index is -1.08. The largest absolute Gasteiger partial charge is 0.507 e. The Kier molecular flexibility index (Phi) is 4.71. The van der Waals surface area contributed by atoms with Crippen molar-refractivity contribution in [2.75, 3.05) is 0 Å². The molecule has 2 aliphatic rings. The van der Waals surface area contributed by atoms with E-state index in [2.05, 4.69) is 0 Å².